The van der Waals surface area contributed by atoms with Gasteiger partial charge in [0.15, 0.2) is 20.8 Å². The molecule has 0 aliphatic carbocycles. The fourth-order valence-electron chi connectivity index (χ4n) is 1.36. The maximum atomic E-state index is 11.7. The van der Waals surface area contributed by atoms with Crippen molar-refractivity contribution in [3.05, 3.63) is 28.2 Å². The number of sulfone groups is 1. The monoisotopic (exact) mass is 385 g/mol. The summed E-state index contributed by atoms with van der Waals surface area (Å²) in [7, 11) is -7.85. The van der Waals surface area contributed by atoms with Crippen molar-refractivity contribution in [1.29, 1.82) is 0 Å². The first-order chi connectivity index (χ1) is 9.04. The number of oxime groups is 1. The lowest BCUT2D eigenvalue weighted by molar-refractivity contribution is 0.318. The Kier molecular flexibility index (Phi) is 5.00. The second kappa shape index (κ2) is 5.97. The summed E-state index contributed by atoms with van der Waals surface area (Å²) in [4.78, 5) is 0. The Bertz CT molecular complexity index is 743. The molecule has 1 rings (SSSR count). The van der Waals surface area contributed by atoms with Crippen molar-refractivity contribution >= 4 is 47.3 Å². The van der Waals surface area contributed by atoms with Gasteiger partial charge in [-0.25, -0.2) is 16.8 Å². The molecule has 11 heteroatoms. The first-order valence-corrected chi connectivity index (χ1v) is 9.50. The maximum Gasteiger partial charge on any atom is 0.247 e. The molecule has 0 spiro atoms. The lowest BCUT2D eigenvalue weighted by atomic mass is 10.2. The minimum Gasteiger partial charge on any atom is -0.409 e. The molecule has 0 radical (unpaired) electrons. The van der Waals surface area contributed by atoms with Gasteiger partial charge in [0.05, 0.1) is 5.69 Å². The Balaban J connectivity index is 3.24. The molecule has 0 heterocycles. The molecule has 20 heavy (non-hydrogen) atoms. The van der Waals surface area contributed by atoms with E-state index in [2.05, 4.69) is 25.8 Å². The number of nitrogens with zero attached hydrogens (tertiary/aromatic N) is 1. The van der Waals surface area contributed by atoms with Crippen LogP contribution in [0.5, 0.6) is 0 Å². The van der Waals surface area contributed by atoms with Crippen molar-refractivity contribution in [1.82, 2.24) is 0 Å². The number of nitrogens with two attached hydrogens (primary N) is 1. The van der Waals surface area contributed by atoms with E-state index in [1.54, 1.807) is 6.07 Å². The fourth-order valence-corrected chi connectivity index (χ4v) is 4.71. The maximum absolute atomic E-state index is 11.7. The average molecular weight is 386 g/mol. The topological polar surface area (TPSA) is 139 Å². The molecule has 4 N–H and O–H groups in total. The van der Waals surface area contributed by atoms with Gasteiger partial charge in [-0.2, -0.15) is 0 Å². The number of benzene rings is 1. The van der Waals surface area contributed by atoms with E-state index in [0.717, 1.165) is 6.26 Å². The van der Waals surface area contributed by atoms with Gasteiger partial charge in [0.2, 0.25) is 10.0 Å². The molecular formula is C9H12BrN3O5S2. The Morgan fingerprint density at radius 3 is 2.50 bits per heavy atom. The Hall–Kier alpha value is -1.33. The Labute approximate surface area is 124 Å². The molecule has 1 aromatic carbocycles. The molecule has 0 atom stereocenters. The van der Waals surface area contributed by atoms with E-state index < -0.39 is 24.9 Å². The van der Waals surface area contributed by atoms with Gasteiger partial charge in [0, 0.05) is 16.3 Å². The quantitative estimate of drug-likeness (QED) is 0.288. The molecule has 8 nitrogen and oxygen atoms in total. The summed E-state index contributed by atoms with van der Waals surface area (Å²) in [6, 6.07) is 4.34. The van der Waals surface area contributed by atoms with Gasteiger partial charge < -0.3 is 10.9 Å². The number of hydrogen-bond donors (Lipinski definition) is 3. The van der Waals surface area contributed by atoms with Crippen LogP contribution in [0.15, 0.2) is 27.8 Å². The van der Waals surface area contributed by atoms with Crippen LogP contribution < -0.4 is 10.5 Å². The number of nitrogens with one attached hydrogen (secondary N) is 1. The first-order valence-electron chi connectivity index (χ1n) is 5.00. The summed E-state index contributed by atoms with van der Waals surface area (Å²) in [5.41, 5.74) is 5.54. The summed E-state index contributed by atoms with van der Waals surface area (Å²) < 4.78 is 48.2. The standard InChI is InChI=1S/C9H12BrN3O5S2/c1-19(15,16)5-20(17,18)13-8-4-6(10)2-3-7(8)9(11)12-14/h2-4,13-14H,5H2,1H3,(H2,11,12). The van der Waals surface area contributed by atoms with Crippen LogP contribution in [0.4, 0.5) is 5.69 Å². The lowest BCUT2D eigenvalue weighted by Crippen LogP contribution is -2.24. The van der Waals surface area contributed by atoms with E-state index in [9.17, 15) is 16.8 Å². The number of sulfonamides is 1. The highest BCUT2D eigenvalue weighted by molar-refractivity contribution is 9.10. The van der Waals surface area contributed by atoms with Crippen molar-refractivity contribution in [3.8, 4) is 0 Å². The van der Waals surface area contributed by atoms with Crippen LogP contribution in [0.25, 0.3) is 0 Å². The van der Waals surface area contributed by atoms with Crippen molar-refractivity contribution in [2.75, 3.05) is 16.1 Å². The number of anilines is 1. The summed E-state index contributed by atoms with van der Waals surface area (Å²) in [5, 5.41) is 10.4. The van der Waals surface area contributed by atoms with E-state index in [1.807, 2.05) is 0 Å². The summed E-state index contributed by atoms with van der Waals surface area (Å²) in [6.07, 6.45) is 0.803. The van der Waals surface area contributed by atoms with Crippen LogP contribution in [-0.4, -0.2) is 39.2 Å². The minimum atomic E-state index is -4.12. The summed E-state index contributed by atoms with van der Waals surface area (Å²) in [6.45, 7) is 0. The second-order valence-corrected chi connectivity index (χ2v) is 9.08. The van der Waals surface area contributed by atoms with Gasteiger partial charge in [-0.05, 0) is 18.2 Å². The van der Waals surface area contributed by atoms with Gasteiger partial charge in [-0.15, -0.1) is 0 Å². The third kappa shape index (κ3) is 4.98. The minimum absolute atomic E-state index is 0.00155. The molecule has 0 saturated heterocycles. The van der Waals surface area contributed by atoms with E-state index >= 15 is 0 Å². The van der Waals surface area contributed by atoms with Gasteiger partial charge >= 0.3 is 0 Å². The van der Waals surface area contributed by atoms with Crippen LogP contribution in [0.3, 0.4) is 0 Å². The van der Waals surface area contributed by atoms with Crippen LogP contribution in [-0.2, 0) is 19.9 Å². The molecule has 0 aliphatic rings. The molecule has 0 saturated carbocycles. The highest BCUT2D eigenvalue weighted by atomic mass is 79.9. The van der Waals surface area contributed by atoms with Gasteiger partial charge in [0.1, 0.15) is 0 Å². The molecule has 1 aromatic rings. The molecule has 0 unspecified atom stereocenters. The van der Waals surface area contributed by atoms with Crippen molar-refractivity contribution in [2.24, 2.45) is 10.9 Å². The molecule has 0 aromatic heterocycles. The Morgan fingerprint density at radius 1 is 1.40 bits per heavy atom. The van der Waals surface area contributed by atoms with Crippen LogP contribution in [0.1, 0.15) is 5.56 Å². The molecular weight excluding hydrogens is 374 g/mol. The number of amidine groups is 1. The predicted molar refractivity (Wildman–Crippen MR) is 78.9 cm³/mol. The van der Waals surface area contributed by atoms with Crippen molar-refractivity contribution < 1.29 is 22.0 Å². The number of rotatable bonds is 5. The SMILES string of the molecule is CS(=O)(=O)CS(=O)(=O)Nc1cc(Br)ccc1/C(N)=N/O. The third-order valence-electron chi connectivity index (χ3n) is 2.00. The van der Waals surface area contributed by atoms with Gasteiger partial charge in [-0.1, -0.05) is 21.1 Å². The van der Waals surface area contributed by atoms with E-state index in [1.165, 1.54) is 12.1 Å². The van der Waals surface area contributed by atoms with E-state index in [-0.39, 0.29) is 17.1 Å². The Morgan fingerprint density at radius 2 is 2.00 bits per heavy atom. The lowest BCUT2D eigenvalue weighted by Gasteiger charge is -2.11. The highest BCUT2D eigenvalue weighted by Crippen LogP contribution is 2.22. The van der Waals surface area contributed by atoms with Crippen LogP contribution >= 0.6 is 15.9 Å². The molecule has 0 bridgehead atoms. The zero-order valence-electron chi connectivity index (χ0n) is 10.2. The highest BCUT2D eigenvalue weighted by Gasteiger charge is 2.20. The first kappa shape index (κ1) is 16.7. The zero-order chi connectivity index (χ0) is 15.6. The van der Waals surface area contributed by atoms with Crippen LogP contribution in [0.2, 0.25) is 0 Å². The van der Waals surface area contributed by atoms with E-state index in [4.69, 9.17) is 10.9 Å². The summed E-state index contributed by atoms with van der Waals surface area (Å²) in [5.74, 6) is -0.311. The van der Waals surface area contributed by atoms with Gasteiger partial charge in [-0.3, -0.25) is 4.72 Å². The number of hydrogen-bond acceptors (Lipinski definition) is 6. The molecule has 0 fully saturated rings. The van der Waals surface area contributed by atoms with Crippen molar-refractivity contribution in [3.63, 3.8) is 0 Å². The smallest absolute Gasteiger partial charge is 0.247 e. The van der Waals surface area contributed by atoms with E-state index in [0.29, 0.717) is 4.47 Å². The predicted octanol–water partition coefficient (Wildman–Crippen LogP) is 0.287. The molecule has 0 amide bonds. The third-order valence-corrected chi connectivity index (χ3v) is 5.98. The number of halogens is 1. The van der Waals surface area contributed by atoms with Crippen LogP contribution in [0, 0.1) is 0 Å². The fraction of sp³-hybridized carbons (Fsp3) is 0.222. The van der Waals surface area contributed by atoms with Crippen molar-refractivity contribution in [2.45, 2.75) is 0 Å². The molecule has 112 valence electrons. The second-order valence-electron chi connectivity index (χ2n) is 3.94. The van der Waals surface area contributed by atoms with Gasteiger partial charge in [0.25, 0.3) is 0 Å². The largest absolute Gasteiger partial charge is 0.409 e. The normalized spacial score (nSPS) is 13.2. The summed E-state index contributed by atoms with van der Waals surface area (Å²) >= 11 is 3.14. The molecule has 0 aliphatic heterocycles. The average Bonchev–Trinajstić information content (AvgIpc) is 2.24. The zero-order valence-corrected chi connectivity index (χ0v) is 13.5.